The Morgan fingerprint density at radius 3 is 2.70 bits per heavy atom. The first-order valence-electron chi connectivity index (χ1n) is 2.65. The zero-order valence-corrected chi connectivity index (χ0v) is 5.89. The third kappa shape index (κ3) is 3.06. The van der Waals surface area contributed by atoms with Crippen LogP contribution >= 0.6 is 0 Å². The number of halogens is 1. The van der Waals surface area contributed by atoms with E-state index >= 15 is 0 Å². The predicted molar refractivity (Wildman–Crippen MR) is 32.8 cm³/mol. The van der Waals surface area contributed by atoms with Crippen molar-refractivity contribution in [1.29, 1.82) is 0 Å². The number of ether oxygens (including phenoxy) is 2. The molecule has 0 saturated heterocycles. The number of carbonyl (C=O) groups excluding carboxylic acids is 1. The Morgan fingerprint density at radius 1 is 1.70 bits per heavy atom. The van der Waals surface area contributed by atoms with Crippen LogP contribution in [0.1, 0.15) is 6.92 Å². The second-order valence-electron chi connectivity index (χ2n) is 1.57. The summed E-state index contributed by atoms with van der Waals surface area (Å²) in [7, 11) is 1.25. The van der Waals surface area contributed by atoms with E-state index < -0.39 is 12.8 Å². The molecule has 4 heteroatoms. The average Bonchev–Trinajstić information content (AvgIpc) is 1.98. The third-order valence-corrected chi connectivity index (χ3v) is 0.830. The Morgan fingerprint density at radius 2 is 2.30 bits per heavy atom. The van der Waals surface area contributed by atoms with Crippen molar-refractivity contribution in [3.05, 3.63) is 11.8 Å². The summed E-state index contributed by atoms with van der Waals surface area (Å²) in [4.78, 5) is 10.5. The lowest BCUT2D eigenvalue weighted by Gasteiger charge is -1.96. The molecule has 0 fully saturated rings. The van der Waals surface area contributed by atoms with Gasteiger partial charge in [0.25, 0.3) is 0 Å². The molecule has 0 heterocycles. The van der Waals surface area contributed by atoms with E-state index in [1.165, 1.54) is 14.0 Å². The molecule has 10 heavy (non-hydrogen) atoms. The number of alkyl halides is 1. The molecule has 0 aromatic carbocycles. The normalized spacial score (nSPS) is 10.9. The zero-order valence-electron chi connectivity index (χ0n) is 5.89. The van der Waals surface area contributed by atoms with Crippen LogP contribution in [0.2, 0.25) is 0 Å². The van der Waals surface area contributed by atoms with Crippen molar-refractivity contribution in [3.63, 3.8) is 0 Å². The SMILES string of the molecule is COC(=O)/C(C)=C/OCF. The van der Waals surface area contributed by atoms with Gasteiger partial charge in [-0.25, -0.2) is 9.18 Å². The summed E-state index contributed by atoms with van der Waals surface area (Å²) >= 11 is 0. The molecule has 0 N–H and O–H groups in total. The van der Waals surface area contributed by atoms with Crippen LogP contribution in [-0.2, 0) is 14.3 Å². The highest BCUT2D eigenvalue weighted by molar-refractivity contribution is 5.87. The van der Waals surface area contributed by atoms with E-state index in [1.54, 1.807) is 0 Å². The summed E-state index contributed by atoms with van der Waals surface area (Å²) in [5, 5.41) is 0. The quantitative estimate of drug-likeness (QED) is 0.340. The van der Waals surface area contributed by atoms with E-state index in [-0.39, 0.29) is 5.57 Å². The minimum atomic E-state index is -0.936. The summed E-state index contributed by atoms with van der Waals surface area (Å²) in [6.07, 6.45) is 1.02. The molecule has 58 valence electrons. The number of hydrogen-bond acceptors (Lipinski definition) is 3. The van der Waals surface area contributed by atoms with Gasteiger partial charge in [0.1, 0.15) is 0 Å². The molecule has 0 rings (SSSR count). The Hall–Kier alpha value is -1.06. The Labute approximate surface area is 58.4 Å². The standard InChI is InChI=1S/C6H9FO3/c1-5(3-10-4-7)6(8)9-2/h3H,4H2,1-2H3/b5-3+. The van der Waals surface area contributed by atoms with E-state index in [0.29, 0.717) is 0 Å². The lowest BCUT2D eigenvalue weighted by Crippen LogP contribution is -2.01. The first-order chi connectivity index (χ1) is 4.72. The van der Waals surface area contributed by atoms with E-state index in [9.17, 15) is 9.18 Å². The van der Waals surface area contributed by atoms with Crippen molar-refractivity contribution >= 4 is 5.97 Å². The highest BCUT2D eigenvalue weighted by Gasteiger charge is 2.01. The number of rotatable bonds is 3. The summed E-state index contributed by atoms with van der Waals surface area (Å²) in [5.74, 6) is -0.520. The molecular weight excluding hydrogens is 139 g/mol. The van der Waals surface area contributed by atoms with Gasteiger partial charge in [-0.05, 0) is 6.92 Å². The fourth-order valence-electron chi connectivity index (χ4n) is 0.366. The van der Waals surface area contributed by atoms with Gasteiger partial charge in [0.05, 0.1) is 18.9 Å². The molecule has 0 aromatic rings. The monoisotopic (exact) mass is 148 g/mol. The minimum absolute atomic E-state index is 0.236. The summed E-state index contributed by atoms with van der Waals surface area (Å²) in [6.45, 7) is 0.538. The van der Waals surface area contributed by atoms with Crippen molar-refractivity contribution in [2.75, 3.05) is 14.0 Å². The van der Waals surface area contributed by atoms with Gasteiger partial charge >= 0.3 is 5.97 Å². The van der Waals surface area contributed by atoms with Gasteiger partial charge in [-0.2, -0.15) is 0 Å². The second kappa shape index (κ2) is 4.78. The van der Waals surface area contributed by atoms with Crippen LogP contribution < -0.4 is 0 Å². The summed E-state index contributed by atoms with van der Waals surface area (Å²) < 4.78 is 19.8. The minimum Gasteiger partial charge on any atom is -0.470 e. The molecule has 0 unspecified atom stereocenters. The van der Waals surface area contributed by atoms with Crippen LogP contribution in [0, 0.1) is 0 Å². The van der Waals surface area contributed by atoms with Crippen molar-refractivity contribution < 1.29 is 18.7 Å². The van der Waals surface area contributed by atoms with Crippen LogP contribution in [-0.4, -0.2) is 19.9 Å². The average molecular weight is 148 g/mol. The number of esters is 1. The van der Waals surface area contributed by atoms with Gasteiger partial charge in [0, 0.05) is 0 Å². The van der Waals surface area contributed by atoms with Crippen molar-refractivity contribution in [3.8, 4) is 0 Å². The highest BCUT2D eigenvalue weighted by Crippen LogP contribution is 1.95. The molecule has 3 nitrogen and oxygen atoms in total. The molecule has 0 aliphatic rings. The number of carbonyl (C=O) groups is 1. The molecular formula is C6H9FO3. The lowest BCUT2D eigenvalue weighted by atomic mass is 10.3. The Balaban J connectivity index is 3.80. The van der Waals surface area contributed by atoms with Crippen LogP contribution in [0.15, 0.2) is 11.8 Å². The van der Waals surface area contributed by atoms with Crippen molar-refractivity contribution in [1.82, 2.24) is 0 Å². The van der Waals surface area contributed by atoms with E-state index in [0.717, 1.165) is 6.26 Å². The summed E-state index contributed by atoms with van der Waals surface area (Å²) in [6, 6.07) is 0. The van der Waals surface area contributed by atoms with Gasteiger partial charge < -0.3 is 9.47 Å². The smallest absolute Gasteiger partial charge is 0.336 e. The Kier molecular flexibility index (Phi) is 4.28. The Bertz CT molecular complexity index is 142. The molecule has 0 spiro atoms. The highest BCUT2D eigenvalue weighted by atomic mass is 19.1. The van der Waals surface area contributed by atoms with E-state index in [2.05, 4.69) is 9.47 Å². The second-order valence-corrected chi connectivity index (χ2v) is 1.57. The topological polar surface area (TPSA) is 35.5 Å². The fourth-order valence-corrected chi connectivity index (χ4v) is 0.366. The lowest BCUT2D eigenvalue weighted by molar-refractivity contribution is -0.136. The first-order valence-corrected chi connectivity index (χ1v) is 2.65. The van der Waals surface area contributed by atoms with Crippen LogP contribution in [0.5, 0.6) is 0 Å². The zero-order chi connectivity index (χ0) is 7.98. The number of hydrogen-bond donors (Lipinski definition) is 0. The molecule has 0 bridgehead atoms. The van der Waals surface area contributed by atoms with Gasteiger partial charge in [0.15, 0.2) is 0 Å². The van der Waals surface area contributed by atoms with Crippen LogP contribution in [0.25, 0.3) is 0 Å². The maximum absolute atomic E-state index is 11.3. The van der Waals surface area contributed by atoms with Gasteiger partial charge in [0.2, 0.25) is 6.86 Å². The third-order valence-electron chi connectivity index (χ3n) is 0.830. The molecule has 0 radical (unpaired) electrons. The fraction of sp³-hybridized carbons (Fsp3) is 0.500. The molecule has 0 amide bonds. The maximum atomic E-state index is 11.3. The molecule has 0 saturated carbocycles. The molecule has 0 aliphatic carbocycles. The van der Waals surface area contributed by atoms with Crippen molar-refractivity contribution in [2.24, 2.45) is 0 Å². The van der Waals surface area contributed by atoms with E-state index in [4.69, 9.17) is 0 Å². The molecule has 0 aliphatic heterocycles. The van der Waals surface area contributed by atoms with Crippen LogP contribution in [0.4, 0.5) is 4.39 Å². The largest absolute Gasteiger partial charge is 0.470 e. The van der Waals surface area contributed by atoms with Crippen molar-refractivity contribution in [2.45, 2.75) is 6.92 Å². The summed E-state index contributed by atoms with van der Waals surface area (Å²) in [5.41, 5.74) is 0.236. The molecule has 0 aromatic heterocycles. The predicted octanol–water partition coefficient (Wildman–Crippen LogP) is 1.01. The van der Waals surface area contributed by atoms with E-state index in [1.807, 2.05) is 0 Å². The van der Waals surface area contributed by atoms with Crippen LogP contribution in [0.3, 0.4) is 0 Å². The maximum Gasteiger partial charge on any atom is 0.336 e. The van der Waals surface area contributed by atoms with Gasteiger partial charge in [-0.3, -0.25) is 0 Å². The molecule has 0 atom stereocenters. The van der Waals surface area contributed by atoms with Gasteiger partial charge in [-0.1, -0.05) is 0 Å². The number of methoxy groups -OCH3 is 1. The van der Waals surface area contributed by atoms with Gasteiger partial charge in [-0.15, -0.1) is 0 Å². The first kappa shape index (κ1) is 8.94.